The number of sulfone groups is 1. The SMILES string of the molecule is O=C(O)CC(c1ccccc1)S(=O)(=O)c1ccc(NC(=O)c2ccc(NC3=NCCN3)cc2)cc1. The number of rotatable bonds is 8. The van der Waals surface area contributed by atoms with Crippen molar-refractivity contribution in [1.29, 1.82) is 0 Å². The standard InChI is InChI=1S/C25H24N4O5S/c30-23(31)16-22(17-4-2-1-3-5-17)35(33,34)21-12-10-19(11-13-21)28-24(32)18-6-8-20(9-7-18)29-25-26-14-15-27-25/h1-13,22H,14-16H2,(H,28,32)(H,30,31)(H2,26,27,29). The first kappa shape index (κ1) is 24.0. The monoisotopic (exact) mass is 492 g/mol. The molecule has 0 aromatic heterocycles. The van der Waals surface area contributed by atoms with Gasteiger partial charge in [0.15, 0.2) is 15.8 Å². The van der Waals surface area contributed by atoms with Crippen LogP contribution in [0.15, 0.2) is 88.8 Å². The number of carboxylic acid groups (broad SMARTS) is 1. The zero-order valence-corrected chi connectivity index (χ0v) is 19.5. The van der Waals surface area contributed by atoms with Gasteiger partial charge in [-0.2, -0.15) is 0 Å². The van der Waals surface area contributed by atoms with Gasteiger partial charge in [0.25, 0.3) is 5.91 Å². The van der Waals surface area contributed by atoms with Crippen LogP contribution in [0.1, 0.15) is 27.6 Å². The summed E-state index contributed by atoms with van der Waals surface area (Å²) in [6, 6.07) is 20.8. The molecule has 1 aliphatic rings. The Morgan fingerprint density at radius 1 is 0.943 bits per heavy atom. The van der Waals surface area contributed by atoms with Crippen molar-refractivity contribution in [2.24, 2.45) is 4.99 Å². The number of amides is 1. The van der Waals surface area contributed by atoms with E-state index in [2.05, 4.69) is 20.9 Å². The van der Waals surface area contributed by atoms with Gasteiger partial charge in [0.05, 0.1) is 17.9 Å². The van der Waals surface area contributed by atoms with Gasteiger partial charge < -0.3 is 21.1 Å². The summed E-state index contributed by atoms with van der Waals surface area (Å²) in [6.45, 7) is 1.50. The molecular formula is C25H24N4O5S. The number of anilines is 2. The van der Waals surface area contributed by atoms with Crippen LogP contribution in [0.3, 0.4) is 0 Å². The second kappa shape index (κ2) is 10.4. The molecule has 1 heterocycles. The highest BCUT2D eigenvalue weighted by atomic mass is 32.2. The van der Waals surface area contributed by atoms with E-state index in [1.54, 1.807) is 54.6 Å². The third kappa shape index (κ3) is 5.85. The van der Waals surface area contributed by atoms with Crippen molar-refractivity contribution < 1.29 is 23.1 Å². The minimum atomic E-state index is -3.98. The van der Waals surface area contributed by atoms with Gasteiger partial charge in [-0.25, -0.2) is 8.42 Å². The van der Waals surface area contributed by atoms with Crippen LogP contribution < -0.4 is 16.0 Å². The molecular weight excluding hydrogens is 468 g/mol. The van der Waals surface area contributed by atoms with Gasteiger partial charge in [0.1, 0.15) is 5.25 Å². The first-order valence-corrected chi connectivity index (χ1v) is 12.4. The van der Waals surface area contributed by atoms with Gasteiger partial charge >= 0.3 is 5.97 Å². The van der Waals surface area contributed by atoms with Crippen molar-refractivity contribution >= 4 is 39.0 Å². The van der Waals surface area contributed by atoms with Crippen molar-refractivity contribution in [2.75, 3.05) is 23.7 Å². The lowest BCUT2D eigenvalue weighted by Crippen LogP contribution is -2.26. The van der Waals surface area contributed by atoms with Gasteiger partial charge in [0.2, 0.25) is 0 Å². The highest BCUT2D eigenvalue weighted by molar-refractivity contribution is 7.91. The predicted molar refractivity (Wildman–Crippen MR) is 133 cm³/mol. The Kier molecular flexibility index (Phi) is 7.11. The first-order valence-electron chi connectivity index (χ1n) is 10.9. The van der Waals surface area contributed by atoms with E-state index in [0.717, 1.165) is 18.8 Å². The topological polar surface area (TPSA) is 137 Å². The Morgan fingerprint density at radius 3 is 2.20 bits per heavy atom. The van der Waals surface area contributed by atoms with Crippen LogP contribution in [0.2, 0.25) is 0 Å². The number of carbonyl (C=O) groups excluding carboxylic acids is 1. The largest absolute Gasteiger partial charge is 0.481 e. The Morgan fingerprint density at radius 2 is 1.60 bits per heavy atom. The molecule has 0 saturated heterocycles. The Labute approximate surface area is 202 Å². The van der Waals surface area contributed by atoms with E-state index in [4.69, 9.17) is 0 Å². The van der Waals surface area contributed by atoms with E-state index in [-0.39, 0.29) is 10.8 Å². The average Bonchev–Trinajstić information content (AvgIpc) is 3.37. The van der Waals surface area contributed by atoms with E-state index in [1.165, 1.54) is 24.3 Å². The number of carbonyl (C=O) groups is 2. The molecule has 9 nitrogen and oxygen atoms in total. The van der Waals surface area contributed by atoms with Crippen LogP contribution in [0.4, 0.5) is 11.4 Å². The van der Waals surface area contributed by atoms with E-state index in [1.807, 2.05) is 0 Å². The molecule has 4 rings (SSSR count). The fraction of sp³-hybridized carbons (Fsp3) is 0.160. The molecule has 0 fully saturated rings. The zero-order chi connectivity index (χ0) is 24.8. The quantitative estimate of drug-likeness (QED) is 0.379. The fourth-order valence-corrected chi connectivity index (χ4v) is 5.37. The Bertz CT molecular complexity index is 1340. The lowest BCUT2D eigenvalue weighted by atomic mass is 10.1. The summed E-state index contributed by atoms with van der Waals surface area (Å²) >= 11 is 0. The average molecular weight is 493 g/mol. The second-order valence-electron chi connectivity index (χ2n) is 7.88. The maximum Gasteiger partial charge on any atom is 0.305 e. The molecule has 0 aliphatic carbocycles. The lowest BCUT2D eigenvalue weighted by molar-refractivity contribution is -0.137. The maximum atomic E-state index is 13.2. The summed E-state index contributed by atoms with van der Waals surface area (Å²) in [5.74, 6) is -0.869. The second-order valence-corrected chi connectivity index (χ2v) is 10.0. The summed E-state index contributed by atoms with van der Waals surface area (Å²) in [4.78, 5) is 28.2. The molecule has 0 spiro atoms. The number of carboxylic acids is 1. The number of aliphatic imine (C=N–C) groups is 1. The minimum Gasteiger partial charge on any atom is -0.481 e. The van der Waals surface area contributed by atoms with Crippen molar-refractivity contribution in [3.05, 3.63) is 90.0 Å². The maximum absolute atomic E-state index is 13.2. The molecule has 0 bridgehead atoms. The summed E-state index contributed by atoms with van der Waals surface area (Å²) in [6.07, 6.45) is -0.556. The smallest absolute Gasteiger partial charge is 0.305 e. The van der Waals surface area contributed by atoms with Gasteiger partial charge in [-0.1, -0.05) is 30.3 Å². The molecule has 1 unspecified atom stereocenters. The van der Waals surface area contributed by atoms with Crippen LogP contribution in [-0.2, 0) is 14.6 Å². The Balaban J connectivity index is 1.46. The number of nitrogens with zero attached hydrogens (tertiary/aromatic N) is 1. The summed E-state index contributed by atoms with van der Waals surface area (Å²) in [5.41, 5.74) is 2.04. The molecule has 1 aliphatic heterocycles. The summed E-state index contributed by atoms with van der Waals surface area (Å²) in [7, 11) is -3.98. The van der Waals surface area contributed by atoms with Gasteiger partial charge in [0, 0.05) is 23.5 Å². The number of hydrogen-bond donors (Lipinski definition) is 4. The van der Waals surface area contributed by atoms with Crippen LogP contribution in [0.5, 0.6) is 0 Å². The van der Waals surface area contributed by atoms with Crippen molar-refractivity contribution in [1.82, 2.24) is 5.32 Å². The number of guanidine groups is 1. The summed E-state index contributed by atoms with van der Waals surface area (Å²) < 4.78 is 26.4. The van der Waals surface area contributed by atoms with E-state index < -0.39 is 27.5 Å². The molecule has 10 heteroatoms. The molecule has 35 heavy (non-hydrogen) atoms. The van der Waals surface area contributed by atoms with Crippen molar-refractivity contribution in [3.8, 4) is 0 Å². The van der Waals surface area contributed by atoms with E-state index >= 15 is 0 Å². The molecule has 3 aromatic carbocycles. The first-order chi connectivity index (χ1) is 16.8. The molecule has 1 amide bonds. The van der Waals surface area contributed by atoms with E-state index in [9.17, 15) is 23.1 Å². The summed E-state index contributed by atoms with van der Waals surface area (Å²) in [5, 5.41) is 17.0. The molecule has 1 atom stereocenters. The molecule has 0 radical (unpaired) electrons. The number of hydrogen-bond acceptors (Lipinski definition) is 7. The molecule has 4 N–H and O–H groups in total. The zero-order valence-electron chi connectivity index (χ0n) is 18.6. The predicted octanol–water partition coefficient (Wildman–Crippen LogP) is 3.30. The van der Waals surface area contributed by atoms with Crippen LogP contribution in [0.25, 0.3) is 0 Å². The molecule has 180 valence electrons. The van der Waals surface area contributed by atoms with Crippen LogP contribution >= 0.6 is 0 Å². The highest BCUT2D eigenvalue weighted by Gasteiger charge is 2.31. The Hall–Kier alpha value is -4.18. The van der Waals surface area contributed by atoms with Gasteiger partial charge in [-0.15, -0.1) is 0 Å². The van der Waals surface area contributed by atoms with Crippen LogP contribution in [0, 0.1) is 0 Å². The van der Waals surface area contributed by atoms with Crippen molar-refractivity contribution in [3.63, 3.8) is 0 Å². The number of aliphatic carboxylic acids is 1. The third-order valence-electron chi connectivity index (χ3n) is 5.43. The third-order valence-corrected chi connectivity index (χ3v) is 7.55. The van der Waals surface area contributed by atoms with Crippen molar-refractivity contribution in [2.45, 2.75) is 16.6 Å². The molecule has 3 aromatic rings. The van der Waals surface area contributed by atoms with Gasteiger partial charge in [-0.05, 0) is 54.1 Å². The van der Waals surface area contributed by atoms with Crippen LogP contribution in [-0.4, -0.2) is 44.4 Å². The molecule has 0 saturated carbocycles. The minimum absolute atomic E-state index is 0.0236. The lowest BCUT2D eigenvalue weighted by Gasteiger charge is -2.17. The van der Waals surface area contributed by atoms with E-state index in [0.29, 0.717) is 22.8 Å². The fourth-order valence-electron chi connectivity index (χ4n) is 3.65. The number of nitrogens with one attached hydrogen (secondary N) is 3. The normalized spacial score (nSPS) is 13.9. The number of benzene rings is 3. The van der Waals surface area contributed by atoms with Gasteiger partial charge in [-0.3, -0.25) is 14.6 Å². The highest BCUT2D eigenvalue weighted by Crippen LogP contribution is 2.32.